The van der Waals surface area contributed by atoms with Crippen LogP contribution in [-0.2, 0) is 4.74 Å². The predicted molar refractivity (Wildman–Crippen MR) is 87.7 cm³/mol. The first kappa shape index (κ1) is 16.5. The van der Waals surface area contributed by atoms with Gasteiger partial charge in [-0.25, -0.2) is 4.79 Å². The fraction of sp³-hybridized carbons (Fsp3) is 0.222. The van der Waals surface area contributed by atoms with Crippen molar-refractivity contribution in [3.05, 3.63) is 58.4 Å². The largest absolute Gasteiger partial charge is 0.508 e. The van der Waals surface area contributed by atoms with Crippen molar-refractivity contribution in [1.29, 1.82) is 0 Å². The second kappa shape index (κ2) is 6.96. The van der Waals surface area contributed by atoms with Crippen LogP contribution < -0.4 is 0 Å². The van der Waals surface area contributed by atoms with Crippen LogP contribution in [0.5, 0.6) is 5.75 Å². The van der Waals surface area contributed by atoms with E-state index in [0.29, 0.717) is 22.5 Å². The summed E-state index contributed by atoms with van der Waals surface area (Å²) in [6.07, 6.45) is 3.11. The van der Waals surface area contributed by atoms with Crippen LogP contribution in [0, 0.1) is 13.8 Å². The number of esters is 1. The van der Waals surface area contributed by atoms with Crippen LogP contribution in [0.3, 0.4) is 0 Å². The van der Waals surface area contributed by atoms with Gasteiger partial charge in [0.05, 0.1) is 6.61 Å². The third-order valence-corrected chi connectivity index (χ3v) is 3.48. The number of rotatable bonds is 5. The number of phenols is 1. The van der Waals surface area contributed by atoms with E-state index in [0.717, 1.165) is 5.56 Å². The van der Waals surface area contributed by atoms with E-state index < -0.39 is 5.97 Å². The molecule has 1 aromatic carbocycles. The zero-order valence-corrected chi connectivity index (χ0v) is 13.3. The summed E-state index contributed by atoms with van der Waals surface area (Å²) in [6.45, 7) is 5.48. The van der Waals surface area contributed by atoms with Crippen LogP contribution in [-0.4, -0.2) is 28.4 Å². The second-order valence-electron chi connectivity index (χ2n) is 5.13. The minimum absolute atomic E-state index is 0.171. The van der Waals surface area contributed by atoms with Crippen LogP contribution in [0.15, 0.2) is 30.3 Å². The van der Waals surface area contributed by atoms with Gasteiger partial charge in [0, 0.05) is 11.3 Å². The molecule has 0 unspecified atom stereocenters. The highest BCUT2D eigenvalue weighted by Gasteiger charge is 2.21. The molecule has 0 saturated heterocycles. The number of allylic oxidation sites excluding steroid dienone is 1. The molecule has 0 saturated carbocycles. The Hall–Kier alpha value is -2.82. The molecule has 0 atom stereocenters. The Kier molecular flexibility index (Phi) is 5.01. The van der Waals surface area contributed by atoms with E-state index >= 15 is 0 Å². The van der Waals surface area contributed by atoms with Crippen LogP contribution in [0.1, 0.15) is 44.6 Å². The van der Waals surface area contributed by atoms with Crippen molar-refractivity contribution in [3.63, 3.8) is 0 Å². The molecule has 2 aromatic rings. The molecule has 2 rings (SSSR count). The van der Waals surface area contributed by atoms with Crippen molar-refractivity contribution in [3.8, 4) is 5.75 Å². The summed E-state index contributed by atoms with van der Waals surface area (Å²) in [5.41, 5.74) is 2.80. The molecule has 5 nitrogen and oxygen atoms in total. The minimum Gasteiger partial charge on any atom is -0.508 e. The normalized spacial score (nSPS) is 10.9. The van der Waals surface area contributed by atoms with Crippen molar-refractivity contribution in [2.24, 2.45) is 0 Å². The van der Waals surface area contributed by atoms with E-state index in [-0.39, 0.29) is 18.1 Å². The van der Waals surface area contributed by atoms with Crippen LogP contribution in [0.2, 0.25) is 0 Å². The average Bonchev–Trinajstić information content (AvgIpc) is 2.82. The summed E-state index contributed by atoms with van der Waals surface area (Å²) in [7, 11) is 0. The molecule has 120 valence electrons. The van der Waals surface area contributed by atoms with Gasteiger partial charge in [0.1, 0.15) is 11.4 Å². The molecule has 0 fully saturated rings. The molecule has 0 radical (unpaired) electrons. The number of ether oxygens (including phenoxy) is 1. The number of aromatic nitrogens is 1. The van der Waals surface area contributed by atoms with E-state index in [4.69, 9.17) is 4.74 Å². The maximum atomic E-state index is 12.4. The maximum Gasteiger partial charge on any atom is 0.355 e. The zero-order valence-electron chi connectivity index (χ0n) is 13.3. The number of nitrogens with one attached hydrogen (secondary N) is 1. The van der Waals surface area contributed by atoms with Crippen molar-refractivity contribution in [2.75, 3.05) is 6.61 Å². The molecule has 23 heavy (non-hydrogen) atoms. The van der Waals surface area contributed by atoms with E-state index in [2.05, 4.69) is 4.98 Å². The number of carbonyl (C=O) groups is 2. The van der Waals surface area contributed by atoms with Crippen LogP contribution in [0.25, 0.3) is 6.08 Å². The highest BCUT2D eigenvalue weighted by atomic mass is 16.5. The number of aryl methyl sites for hydroxylation is 1. The minimum atomic E-state index is -0.463. The molecule has 0 aliphatic rings. The predicted octanol–water partition coefficient (Wildman–Crippen LogP) is 3.41. The summed E-state index contributed by atoms with van der Waals surface area (Å²) in [6, 6.07) is 6.52. The smallest absolute Gasteiger partial charge is 0.355 e. The summed E-state index contributed by atoms with van der Waals surface area (Å²) in [5.74, 6) is -0.487. The van der Waals surface area contributed by atoms with Gasteiger partial charge in [0.25, 0.3) is 0 Å². The Balaban J connectivity index is 2.25. The van der Waals surface area contributed by atoms with Crippen molar-refractivity contribution < 1.29 is 19.4 Å². The second-order valence-corrected chi connectivity index (χ2v) is 5.13. The molecule has 1 heterocycles. The number of benzene rings is 1. The lowest BCUT2D eigenvalue weighted by Crippen LogP contribution is -2.07. The van der Waals surface area contributed by atoms with Gasteiger partial charge >= 0.3 is 5.97 Å². The number of H-pyrrole nitrogens is 1. The molecule has 0 amide bonds. The van der Waals surface area contributed by atoms with Crippen molar-refractivity contribution in [2.45, 2.75) is 20.8 Å². The van der Waals surface area contributed by atoms with E-state index in [9.17, 15) is 14.7 Å². The van der Waals surface area contributed by atoms with E-state index in [1.165, 1.54) is 6.08 Å². The topological polar surface area (TPSA) is 79.4 Å². The van der Waals surface area contributed by atoms with Gasteiger partial charge in [-0.05, 0) is 50.1 Å². The maximum absolute atomic E-state index is 12.4. The first-order valence-electron chi connectivity index (χ1n) is 7.31. The van der Waals surface area contributed by atoms with Crippen LogP contribution in [0.4, 0.5) is 0 Å². The molecule has 0 bridgehead atoms. The molecular weight excluding hydrogens is 294 g/mol. The number of aromatic hydroxyl groups is 1. The lowest BCUT2D eigenvalue weighted by atomic mass is 10.0. The van der Waals surface area contributed by atoms with Gasteiger partial charge in [0.2, 0.25) is 0 Å². The highest BCUT2D eigenvalue weighted by molar-refractivity contribution is 6.10. The van der Waals surface area contributed by atoms with Gasteiger partial charge in [-0.15, -0.1) is 0 Å². The van der Waals surface area contributed by atoms with Crippen LogP contribution >= 0.6 is 0 Å². The fourth-order valence-corrected chi connectivity index (χ4v) is 2.37. The summed E-state index contributed by atoms with van der Waals surface area (Å²) >= 11 is 0. The molecule has 1 aromatic heterocycles. The summed E-state index contributed by atoms with van der Waals surface area (Å²) < 4.78 is 4.97. The standard InChI is InChI=1S/C18H19NO4/c1-4-23-18(22)17-11(2)16(12(3)19-17)15(21)10-7-13-5-8-14(20)9-6-13/h5-10,19-20H,4H2,1-3H3. The third-order valence-electron chi connectivity index (χ3n) is 3.48. The fourth-order valence-electron chi connectivity index (χ4n) is 2.37. The summed E-state index contributed by atoms with van der Waals surface area (Å²) in [5, 5.41) is 9.24. The lowest BCUT2D eigenvalue weighted by Gasteiger charge is -2.01. The highest BCUT2D eigenvalue weighted by Crippen LogP contribution is 2.20. The number of aromatic amines is 1. The molecule has 0 aliphatic heterocycles. The first-order valence-corrected chi connectivity index (χ1v) is 7.31. The van der Waals surface area contributed by atoms with Crippen molar-refractivity contribution >= 4 is 17.8 Å². The number of hydrogen-bond donors (Lipinski definition) is 2. The van der Waals surface area contributed by atoms with Gasteiger partial charge in [0.15, 0.2) is 5.78 Å². The monoisotopic (exact) mass is 313 g/mol. The zero-order chi connectivity index (χ0) is 17.0. The lowest BCUT2D eigenvalue weighted by molar-refractivity contribution is 0.0519. The SMILES string of the molecule is CCOC(=O)c1[nH]c(C)c(C(=O)C=Cc2ccc(O)cc2)c1C. The van der Waals surface area contributed by atoms with Gasteiger partial charge in [-0.2, -0.15) is 0 Å². The number of phenolic OH excluding ortho intramolecular Hbond substituents is 1. The average molecular weight is 313 g/mol. The van der Waals surface area contributed by atoms with Gasteiger partial charge in [-0.1, -0.05) is 18.2 Å². The molecule has 0 aliphatic carbocycles. The number of carbonyl (C=O) groups excluding carboxylic acids is 2. The Morgan fingerprint density at radius 3 is 2.48 bits per heavy atom. The van der Waals surface area contributed by atoms with E-state index in [1.807, 2.05) is 0 Å². The Bertz CT molecular complexity index is 754. The quantitative estimate of drug-likeness (QED) is 0.503. The Morgan fingerprint density at radius 2 is 1.87 bits per heavy atom. The number of hydrogen-bond acceptors (Lipinski definition) is 4. The number of ketones is 1. The third kappa shape index (κ3) is 3.69. The first-order chi connectivity index (χ1) is 10.9. The summed E-state index contributed by atoms with van der Waals surface area (Å²) in [4.78, 5) is 27.2. The molecular formula is C18H19NO4. The molecule has 0 spiro atoms. The van der Waals surface area contributed by atoms with E-state index in [1.54, 1.807) is 51.1 Å². The van der Waals surface area contributed by atoms with Gasteiger partial charge < -0.3 is 14.8 Å². The Labute approximate surface area is 134 Å². The van der Waals surface area contributed by atoms with Gasteiger partial charge in [-0.3, -0.25) is 4.79 Å². The van der Waals surface area contributed by atoms with Crippen molar-refractivity contribution in [1.82, 2.24) is 4.98 Å². The Morgan fingerprint density at radius 1 is 1.22 bits per heavy atom. The molecule has 5 heteroatoms. The molecule has 2 N–H and O–H groups in total.